The lowest BCUT2D eigenvalue weighted by molar-refractivity contribution is 0.0697. The molecule has 4 heteroatoms. The molecule has 18 heavy (non-hydrogen) atoms. The lowest BCUT2D eigenvalue weighted by Gasteiger charge is -2.08. The number of nitrogens with two attached hydrogens (primary N) is 1. The van der Waals surface area contributed by atoms with Crippen molar-refractivity contribution >= 4 is 11.7 Å². The number of carboxylic acid groups (broad SMARTS) is 1. The van der Waals surface area contributed by atoms with E-state index in [0.717, 1.165) is 18.5 Å². The summed E-state index contributed by atoms with van der Waals surface area (Å²) < 4.78 is 0. The summed E-state index contributed by atoms with van der Waals surface area (Å²) in [4.78, 5) is 10.9. The molecule has 0 aromatic heterocycles. The average molecular weight is 250 g/mol. The molecule has 1 aromatic carbocycles. The minimum Gasteiger partial charge on any atom is -0.478 e. The van der Waals surface area contributed by atoms with Crippen LogP contribution in [0.15, 0.2) is 18.2 Å². The Hall–Kier alpha value is -1.55. The number of carbonyl (C=O) groups is 1. The quantitative estimate of drug-likeness (QED) is 0.490. The monoisotopic (exact) mass is 250 g/mol. The highest BCUT2D eigenvalue weighted by Gasteiger charge is 2.06. The molecule has 0 radical (unpaired) electrons. The van der Waals surface area contributed by atoms with Gasteiger partial charge in [-0.3, -0.25) is 0 Å². The molecule has 0 atom stereocenters. The number of aromatic carboxylic acids is 1. The third-order valence-corrected chi connectivity index (χ3v) is 2.91. The van der Waals surface area contributed by atoms with Gasteiger partial charge in [-0.1, -0.05) is 26.2 Å². The molecule has 100 valence electrons. The van der Waals surface area contributed by atoms with Gasteiger partial charge in [-0.05, 0) is 36.7 Å². The minimum absolute atomic E-state index is 0.284. The summed E-state index contributed by atoms with van der Waals surface area (Å²) in [5.41, 5.74) is 7.60. The van der Waals surface area contributed by atoms with E-state index in [1.807, 2.05) is 0 Å². The minimum atomic E-state index is -0.917. The SMILES string of the molecule is CCCCCCNCc1cc(C(=O)O)ccc1N. The maximum Gasteiger partial charge on any atom is 0.335 e. The van der Waals surface area contributed by atoms with Crippen molar-refractivity contribution in [1.82, 2.24) is 5.32 Å². The second-order valence-electron chi connectivity index (χ2n) is 4.46. The first-order chi connectivity index (χ1) is 8.65. The second-order valence-corrected chi connectivity index (χ2v) is 4.46. The zero-order valence-electron chi connectivity index (χ0n) is 10.9. The van der Waals surface area contributed by atoms with Crippen LogP contribution in [0.4, 0.5) is 5.69 Å². The second kappa shape index (κ2) is 7.71. The van der Waals surface area contributed by atoms with Crippen LogP contribution in [0.1, 0.15) is 48.5 Å². The van der Waals surface area contributed by atoms with Crippen molar-refractivity contribution in [3.05, 3.63) is 29.3 Å². The summed E-state index contributed by atoms with van der Waals surface area (Å²) in [7, 11) is 0. The number of nitrogen functional groups attached to an aromatic ring is 1. The standard InChI is InChI=1S/C14H22N2O2/c1-2-3-4-5-8-16-10-12-9-11(14(17)18)6-7-13(12)15/h6-7,9,16H,2-5,8,10,15H2,1H3,(H,17,18). The average Bonchev–Trinajstić information content (AvgIpc) is 2.35. The first-order valence-corrected chi connectivity index (χ1v) is 6.47. The Bertz CT molecular complexity index is 391. The van der Waals surface area contributed by atoms with Crippen molar-refractivity contribution in [3.8, 4) is 0 Å². The summed E-state index contributed by atoms with van der Waals surface area (Å²) in [6.45, 7) is 3.75. The summed E-state index contributed by atoms with van der Waals surface area (Å²) in [5, 5.41) is 12.2. The van der Waals surface area contributed by atoms with Gasteiger partial charge in [0.15, 0.2) is 0 Å². The number of hydrogen-bond acceptors (Lipinski definition) is 3. The van der Waals surface area contributed by atoms with Gasteiger partial charge in [-0.2, -0.15) is 0 Å². The third kappa shape index (κ3) is 4.75. The molecular weight excluding hydrogens is 228 g/mol. The number of hydrogen-bond donors (Lipinski definition) is 3. The van der Waals surface area contributed by atoms with Crippen LogP contribution in [-0.4, -0.2) is 17.6 Å². The molecule has 0 spiro atoms. The van der Waals surface area contributed by atoms with Crippen LogP contribution in [0, 0.1) is 0 Å². The van der Waals surface area contributed by atoms with Crippen LogP contribution in [-0.2, 0) is 6.54 Å². The van der Waals surface area contributed by atoms with E-state index in [9.17, 15) is 4.79 Å². The predicted molar refractivity (Wildman–Crippen MR) is 73.7 cm³/mol. The number of rotatable bonds is 8. The lowest BCUT2D eigenvalue weighted by atomic mass is 10.1. The van der Waals surface area contributed by atoms with Crippen LogP contribution >= 0.6 is 0 Å². The van der Waals surface area contributed by atoms with E-state index in [0.29, 0.717) is 12.2 Å². The van der Waals surface area contributed by atoms with Crippen molar-refractivity contribution in [2.75, 3.05) is 12.3 Å². The number of carboxylic acids is 1. The zero-order chi connectivity index (χ0) is 13.4. The van der Waals surface area contributed by atoms with Crippen molar-refractivity contribution in [1.29, 1.82) is 0 Å². The van der Waals surface area contributed by atoms with Crippen LogP contribution in [0.2, 0.25) is 0 Å². The van der Waals surface area contributed by atoms with Gasteiger partial charge in [0.25, 0.3) is 0 Å². The maximum atomic E-state index is 10.9. The highest BCUT2D eigenvalue weighted by molar-refractivity contribution is 5.88. The number of benzene rings is 1. The molecular formula is C14H22N2O2. The molecule has 0 heterocycles. The highest BCUT2D eigenvalue weighted by Crippen LogP contribution is 2.14. The van der Waals surface area contributed by atoms with Crippen LogP contribution in [0.5, 0.6) is 0 Å². The fraction of sp³-hybridized carbons (Fsp3) is 0.500. The molecule has 1 aromatic rings. The Balaban J connectivity index is 2.41. The predicted octanol–water partition coefficient (Wildman–Crippen LogP) is 2.64. The largest absolute Gasteiger partial charge is 0.478 e. The van der Waals surface area contributed by atoms with Gasteiger partial charge in [-0.25, -0.2) is 4.79 Å². The van der Waals surface area contributed by atoms with Gasteiger partial charge in [-0.15, -0.1) is 0 Å². The molecule has 0 aliphatic rings. The summed E-state index contributed by atoms with van der Waals surface area (Å²) in [6, 6.07) is 4.82. The summed E-state index contributed by atoms with van der Waals surface area (Å²) in [5.74, 6) is -0.917. The fourth-order valence-corrected chi connectivity index (χ4v) is 1.79. The topological polar surface area (TPSA) is 75.3 Å². The Morgan fingerprint density at radius 1 is 1.33 bits per heavy atom. The van der Waals surface area contributed by atoms with E-state index in [1.54, 1.807) is 12.1 Å². The van der Waals surface area contributed by atoms with Gasteiger partial charge < -0.3 is 16.2 Å². The van der Waals surface area contributed by atoms with Gasteiger partial charge in [0, 0.05) is 12.2 Å². The molecule has 0 aliphatic carbocycles. The van der Waals surface area contributed by atoms with E-state index >= 15 is 0 Å². The Labute approximate surface area is 108 Å². The van der Waals surface area contributed by atoms with E-state index in [-0.39, 0.29) is 5.56 Å². The highest BCUT2D eigenvalue weighted by atomic mass is 16.4. The number of nitrogens with one attached hydrogen (secondary N) is 1. The van der Waals surface area contributed by atoms with Crippen molar-refractivity contribution in [2.24, 2.45) is 0 Å². The molecule has 0 saturated heterocycles. The van der Waals surface area contributed by atoms with E-state index in [4.69, 9.17) is 10.8 Å². The summed E-state index contributed by atoms with van der Waals surface area (Å²) in [6.07, 6.45) is 4.87. The van der Waals surface area contributed by atoms with Gasteiger partial charge in [0.2, 0.25) is 0 Å². The van der Waals surface area contributed by atoms with E-state index in [2.05, 4.69) is 12.2 Å². The zero-order valence-corrected chi connectivity index (χ0v) is 10.9. The lowest BCUT2D eigenvalue weighted by Crippen LogP contribution is -2.16. The van der Waals surface area contributed by atoms with Gasteiger partial charge in [0.1, 0.15) is 0 Å². The Morgan fingerprint density at radius 2 is 2.11 bits per heavy atom. The van der Waals surface area contributed by atoms with Crippen molar-refractivity contribution in [3.63, 3.8) is 0 Å². The molecule has 0 unspecified atom stereocenters. The van der Waals surface area contributed by atoms with Crippen molar-refractivity contribution in [2.45, 2.75) is 39.2 Å². The van der Waals surface area contributed by atoms with Gasteiger partial charge in [0.05, 0.1) is 5.56 Å². The molecule has 0 aliphatic heterocycles. The molecule has 0 fully saturated rings. The molecule has 4 nitrogen and oxygen atoms in total. The first kappa shape index (κ1) is 14.5. The van der Waals surface area contributed by atoms with E-state index in [1.165, 1.54) is 25.3 Å². The van der Waals surface area contributed by atoms with Gasteiger partial charge >= 0.3 is 5.97 Å². The Morgan fingerprint density at radius 3 is 2.78 bits per heavy atom. The maximum absolute atomic E-state index is 10.9. The molecule has 4 N–H and O–H groups in total. The fourth-order valence-electron chi connectivity index (χ4n) is 1.79. The Kier molecular flexibility index (Phi) is 6.22. The molecule has 0 amide bonds. The normalized spacial score (nSPS) is 10.5. The van der Waals surface area contributed by atoms with Crippen LogP contribution in [0.3, 0.4) is 0 Å². The summed E-state index contributed by atoms with van der Waals surface area (Å²) >= 11 is 0. The molecule has 0 saturated carbocycles. The first-order valence-electron chi connectivity index (χ1n) is 6.47. The van der Waals surface area contributed by atoms with Crippen LogP contribution < -0.4 is 11.1 Å². The smallest absolute Gasteiger partial charge is 0.335 e. The van der Waals surface area contributed by atoms with Crippen LogP contribution in [0.25, 0.3) is 0 Å². The number of anilines is 1. The van der Waals surface area contributed by atoms with Crippen molar-refractivity contribution < 1.29 is 9.90 Å². The van der Waals surface area contributed by atoms with E-state index < -0.39 is 5.97 Å². The number of unbranched alkanes of at least 4 members (excludes halogenated alkanes) is 3. The third-order valence-electron chi connectivity index (χ3n) is 2.91. The molecule has 1 rings (SSSR count). The molecule has 0 bridgehead atoms.